The number of rotatable bonds is 0. The van der Waals surface area contributed by atoms with Gasteiger partial charge in [-0.25, -0.2) is 0 Å². The molecule has 54 valence electrons. The second kappa shape index (κ2) is 14.4. The zero-order valence-electron chi connectivity index (χ0n) is 6.72. The number of benzene rings is 1. The van der Waals surface area contributed by atoms with Crippen LogP contribution in [0, 0.1) is 17.4 Å². The van der Waals surface area contributed by atoms with Crippen molar-refractivity contribution in [1.29, 1.82) is 5.26 Å². The topological polar surface area (TPSA) is 23.8 Å². The summed E-state index contributed by atoms with van der Waals surface area (Å²) in [6, 6.07) is 11.7. The van der Waals surface area contributed by atoms with Gasteiger partial charge in [0.05, 0.1) is 6.07 Å². The fourth-order valence-corrected chi connectivity index (χ4v) is 0.461. The molecule has 0 amide bonds. The van der Waals surface area contributed by atoms with E-state index in [4.69, 9.17) is 5.26 Å². The molecule has 1 aromatic rings. The number of nitriles is 1. The predicted octanol–water partition coefficient (Wildman–Crippen LogP) is -8.01. The molecule has 0 aliphatic heterocycles. The van der Waals surface area contributed by atoms with Crippen molar-refractivity contribution in [2.45, 2.75) is 0 Å². The van der Waals surface area contributed by atoms with Crippen molar-refractivity contribution < 1.29 is 48.2 Å². The molecule has 0 fully saturated rings. The summed E-state index contributed by atoms with van der Waals surface area (Å²) in [5.41, 5.74) is 0.684. The van der Waals surface area contributed by atoms with E-state index < -0.39 is 0 Å². The number of hydrogen-bond acceptors (Lipinski definition) is 1. The van der Waals surface area contributed by atoms with Crippen molar-refractivity contribution in [3.05, 3.63) is 35.9 Å². The van der Waals surface area contributed by atoms with Gasteiger partial charge in [-0.3, -0.25) is 0 Å². The molecule has 12 heavy (non-hydrogen) atoms. The molecule has 5 heteroatoms. The summed E-state index contributed by atoms with van der Waals surface area (Å²) in [7, 11) is 0. The van der Waals surface area contributed by atoms with E-state index in [1.54, 1.807) is 24.3 Å². The Balaban J connectivity index is -0.0000000800. The molecule has 0 atom stereocenters. The first-order valence-electron chi connectivity index (χ1n) is 2.29. The summed E-state index contributed by atoms with van der Waals surface area (Å²) < 4.78 is 0. The summed E-state index contributed by atoms with van der Waals surface area (Å²) in [5, 5.41) is 8.27. The maximum atomic E-state index is 8.27. The molecule has 0 unspecified atom stereocenters. The fraction of sp³-hybridized carbons (Fsp3) is 0. The van der Waals surface area contributed by atoms with Crippen molar-refractivity contribution in [2.24, 2.45) is 0 Å². The normalized spacial score (nSPS) is 5.25. The maximum Gasteiger partial charge on any atom is 2.00 e. The Labute approximate surface area is 117 Å². The van der Waals surface area contributed by atoms with Gasteiger partial charge in [-0.05, 0) is 0 Å². The Morgan fingerprint density at radius 2 is 1.67 bits per heavy atom. The van der Waals surface area contributed by atoms with Crippen molar-refractivity contribution in [2.75, 3.05) is 0 Å². The standard InChI is InChI=1S/C7H4N.BrH.ClH.Li.Mg/c8-6-7-4-2-1-3-5-7;;;;/h2-5H;2*1H;;/q-1;;;+1;+2/p-2. The molecule has 0 saturated heterocycles. The molecule has 0 radical (unpaired) electrons. The van der Waals surface area contributed by atoms with E-state index in [-0.39, 0.29) is 71.3 Å². The molecule has 0 aliphatic carbocycles. The maximum absolute atomic E-state index is 8.27. The van der Waals surface area contributed by atoms with Crippen molar-refractivity contribution >= 4 is 23.1 Å². The summed E-state index contributed by atoms with van der Waals surface area (Å²) >= 11 is 0. The van der Waals surface area contributed by atoms with Gasteiger partial charge in [0.25, 0.3) is 0 Å². The summed E-state index contributed by atoms with van der Waals surface area (Å²) in [6.45, 7) is 0. The van der Waals surface area contributed by atoms with Gasteiger partial charge in [0.2, 0.25) is 0 Å². The zero-order valence-corrected chi connectivity index (χ0v) is 10.5. The SMILES string of the molecule is N#Cc1cc[c-]cc1.[Br-].[Cl-].[Li+].[Mg+2]. The quantitative estimate of drug-likeness (QED) is 0.331. The van der Waals surface area contributed by atoms with Crippen LogP contribution < -0.4 is 48.2 Å². The van der Waals surface area contributed by atoms with Crippen molar-refractivity contribution in [3.63, 3.8) is 0 Å². The minimum absolute atomic E-state index is 0. The number of halogens is 2. The third-order valence-electron chi connectivity index (χ3n) is 0.847. The second-order valence-corrected chi connectivity index (χ2v) is 1.40. The van der Waals surface area contributed by atoms with Gasteiger partial charge in [0, 0.05) is 0 Å². The van der Waals surface area contributed by atoms with Crippen LogP contribution in [0.1, 0.15) is 5.56 Å². The van der Waals surface area contributed by atoms with Crippen LogP contribution in [0.2, 0.25) is 0 Å². The molecule has 0 spiro atoms. The smallest absolute Gasteiger partial charge is 1.00 e. The van der Waals surface area contributed by atoms with Crippen molar-refractivity contribution in [3.8, 4) is 6.07 Å². The minimum Gasteiger partial charge on any atom is -1.00 e. The Bertz CT molecular complexity index is 214. The molecule has 1 aromatic carbocycles. The van der Waals surface area contributed by atoms with Gasteiger partial charge in [0.1, 0.15) is 0 Å². The van der Waals surface area contributed by atoms with Gasteiger partial charge in [-0.2, -0.15) is 35.6 Å². The Morgan fingerprint density at radius 1 is 1.25 bits per heavy atom. The molecular weight excluding hydrogens is 245 g/mol. The third kappa shape index (κ3) is 8.94. The molecule has 0 saturated carbocycles. The summed E-state index contributed by atoms with van der Waals surface area (Å²) in [6.07, 6.45) is 0. The molecule has 1 rings (SSSR count). The van der Waals surface area contributed by atoms with E-state index in [0.29, 0.717) is 5.56 Å². The largest absolute Gasteiger partial charge is 2.00 e. The van der Waals surface area contributed by atoms with E-state index >= 15 is 0 Å². The van der Waals surface area contributed by atoms with Crippen LogP contribution in [0.25, 0.3) is 0 Å². The number of hydrogen-bond donors (Lipinski definition) is 0. The van der Waals surface area contributed by atoms with Crippen LogP contribution in [0.15, 0.2) is 24.3 Å². The van der Waals surface area contributed by atoms with Crippen LogP contribution in [0.3, 0.4) is 0 Å². The van der Waals surface area contributed by atoms with E-state index in [1.807, 2.05) is 6.07 Å². The van der Waals surface area contributed by atoms with Gasteiger partial charge < -0.3 is 29.4 Å². The van der Waals surface area contributed by atoms with E-state index in [2.05, 4.69) is 6.07 Å². The molecule has 0 N–H and O–H groups in total. The fourth-order valence-electron chi connectivity index (χ4n) is 0.461. The monoisotopic (exact) mass is 247 g/mol. The molecule has 0 heterocycles. The summed E-state index contributed by atoms with van der Waals surface area (Å²) in [4.78, 5) is 0. The molecule has 0 aliphatic rings. The van der Waals surface area contributed by atoms with Gasteiger partial charge in [-0.15, -0.1) is 0 Å². The first-order valence-corrected chi connectivity index (χ1v) is 2.29. The average molecular weight is 249 g/mol. The first-order chi connectivity index (χ1) is 3.93. The van der Waals surface area contributed by atoms with E-state index in [0.717, 1.165) is 0 Å². The van der Waals surface area contributed by atoms with E-state index in [1.165, 1.54) is 0 Å². The van der Waals surface area contributed by atoms with Crippen LogP contribution in [0.4, 0.5) is 0 Å². The average Bonchev–Trinajstić information content (AvgIpc) is 1.90. The Morgan fingerprint density at radius 3 is 1.92 bits per heavy atom. The van der Waals surface area contributed by atoms with Crippen LogP contribution in [-0.2, 0) is 0 Å². The zero-order chi connectivity index (χ0) is 5.82. The molecular formula is C7H4BrClLiMgN. The predicted molar refractivity (Wildman–Crippen MR) is 35.7 cm³/mol. The second-order valence-electron chi connectivity index (χ2n) is 1.40. The van der Waals surface area contributed by atoms with Crippen LogP contribution >= 0.6 is 0 Å². The molecule has 0 aromatic heterocycles. The Kier molecular flexibility index (Phi) is 27.6. The first kappa shape index (κ1) is 23.0. The van der Waals surface area contributed by atoms with Gasteiger partial charge in [0.15, 0.2) is 0 Å². The van der Waals surface area contributed by atoms with Crippen LogP contribution in [0.5, 0.6) is 0 Å². The van der Waals surface area contributed by atoms with Gasteiger partial charge >= 0.3 is 41.9 Å². The molecule has 1 nitrogen and oxygen atoms in total. The number of nitrogens with zero attached hydrogens (tertiary/aromatic N) is 1. The van der Waals surface area contributed by atoms with Gasteiger partial charge in [-0.1, -0.05) is 5.56 Å². The van der Waals surface area contributed by atoms with E-state index in [9.17, 15) is 0 Å². The minimum atomic E-state index is 0. The van der Waals surface area contributed by atoms with Crippen LogP contribution in [-0.4, -0.2) is 23.1 Å². The Hall–Kier alpha value is 0.844. The summed E-state index contributed by atoms with van der Waals surface area (Å²) in [5.74, 6) is 0. The van der Waals surface area contributed by atoms with Crippen molar-refractivity contribution in [1.82, 2.24) is 0 Å². The third-order valence-corrected chi connectivity index (χ3v) is 0.847. The molecule has 0 bridgehead atoms.